The number of fused-ring (bicyclic) bond motifs is 2. The van der Waals surface area contributed by atoms with Crippen LogP contribution in [0.2, 0.25) is 0 Å². The van der Waals surface area contributed by atoms with Crippen molar-refractivity contribution < 1.29 is 22.7 Å². The average Bonchev–Trinajstić information content (AvgIpc) is 2.84. The smallest absolute Gasteiger partial charge is 0.416 e. The van der Waals surface area contributed by atoms with E-state index in [4.69, 9.17) is 4.74 Å². The van der Waals surface area contributed by atoms with Gasteiger partial charge in [-0.1, -0.05) is 6.92 Å². The summed E-state index contributed by atoms with van der Waals surface area (Å²) in [7, 11) is 1.63. The second kappa shape index (κ2) is 5.70. The molecular formula is C16H19F3N2O2. The van der Waals surface area contributed by atoms with Gasteiger partial charge in [-0.15, -0.1) is 0 Å². The predicted octanol–water partition coefficient (Wildman–Crippen LogP) is 2.63. The molecule has 1 aromatic rings. The molecule has 7 heteroatoms. The first kappa shape index (κ1) is 16.1. The molecule has 1 saturated heterocycles. The van der Waals surface area contributed by atoms with Crippen LogP contribution in [0.25, 0.3) is 0 Å². The highest BCUT2D eigenvalue weighted by atomic mass is 19.4. The molecule has 0 N–H and O–H groups in total. The first-order valence-electron chi connectivity index (χ1n) is 7.68. The highest BCUT2D eigenvalue weighted by molar-refractivity contribution is 5.97. The van der Waals surface area contributed by atoms with Gasteiger partial charge in [0, 0.05) is 20.1 Å². The van der Waals surface area contributed by atoms with Crippen LogP contribution in [0.4, 0.5) is 13.2 Å². The summed E-state index contributed by atoms with van der Waals surface area (Å²) in [6, 6.07) is 2.97. The number of carbonyl (C=O) groups is 1. The van der Waals surface area contributed by atoms with E-state index in [0.717, 1.165) is 25.1 Å². The molecule has 126 valence electrons. The number of hydrogen-bond donors (Lipinski definition) is 0. The fourth-order valence-electron chi connectivity index (χ4n) is 3.30. The molecule has 1 fully saturated rings. The Morgan fingerprint density at radius 2 is 2.04 bits per heavy atom. The van der Waals surface area contributed by atoms with E-state index in [1.807, 2.05) is 0 Å². The maximum atomic E-state index is 12.9. The standard InChI is InChI=1S/C16H19F3N2O2/c1-3-6-21-8-12-14(9-21)23-13-5-4-10(16(17,18)19)7-11(13)15(22)20(12)2/h4-5,7,12,14H,3,6,8-9H2,1-2H3/t12-,14+/m1/s1. The minimum absolute atomic E-state index is 0.0150. The summed E-state index contributed by atoms with van der Waals surface area (Å²) in [5.41, 5.74) is -0.847. The van der Waals surface area contributed by atoms with Gasteiger partial charge in [0.25, 0.3) is 5.91 Å². The number of halogens is 3. The fraction of sp³-hybridized carbons (Fsp3) is 0.562. The van der Waals surface area contributed by atoms with Crippen LogP contribution >= 0.6 is 0 Å². The lowest BCUT2D eigenvalue weighted by Crippen LogP contribution is -2.44. The minimum atomic E-state index is -4.48. The molecule has 1 amide bonds. The molecule has 23 heavy (non-hydrogen) atoms. The van der Waals surface area contributed by atoms with Crippen LogP contribution in [0.5, 0.6) is 5.75 Å². The number of nitrogens with zero attached hydrogens (tertiary/aromatic N) is 2. The van der Waals surface area contributed by atoms with Gasteiger partial charge in [-0.2, -0.15) is 13.2 Å². The first-order chi connectivity index (χ1) is 10.8. The van der Waals surface area contributed by atoms with Gasteiger partial charge in [-0.25, -0.2) is 0 Å². The van der Waals surface area contributed by atoms with Crippen molar-refractivity contribution in [3.63, 3.8) is 0 Å². The first-order valence-corrected chi connectivity index (χ1v) is 7.68. The zero-order chi connectivity index (χ0) is 16.8. The Bertz CT molecular complexity index is 618. The zero-order valence-corrected chi connectivity index (χ0v) is 13.1. The molecule has 0 unspecified atom stereocenters. The molecule has 4 nitrogen and oxygen atoms in total. The summed E-state index contributed by atoms with van der Waals surface area (Å²) in [6.45, 7) is 4.35. The molecule has 0 saturated carbocycles. The van der Waals surface area contributed by atoms with Crippen LogP contribution in [-0.4, -0.2) is 54.5 Å². The monoisotopic (exact) mass is 328 g/mol. The van der Waals surface area contributed by atoms with Crippen molar-refractivity contribution in [1.82, 2.24) is 9.80 Å². The van der Waals surface area contributed by atoms with Crippen molar-refractivity contribution in [1.29, 1.82) is 0 Å². The molecule has 2 atom stereocenters. The van der Waals surface area contributed by atoms with Crippen molar-refractivity contribution in [2.24, 2.45) is 0 Å². The van der Waals surface area contributed by atoms with Crippen LogP contribution in [0, 0.1) is 0 Å². The lowest BCUT2D eigenvalue weighted by atomic mass is 10.1. The number of amides is 1. The molecule has 2 aliphatic heterocycles. The predicted molar refractivity (Wildman–Crippen MR) is 78.5 cm³/mol. The number of hydrogen-bond acceptors (Lipinski definition) is 3. The summed E-state index contributed by atoms with van der Waals surface area (Å²) < 4.78 is 44.5. The van der Waals surface area contributed by atoms with Gasteiger partial charge in [0.1, 0.15) is 11.9 Å². The number of ether oxygens (including phenoxy) is 1. The molecule has 0 aromatic heterocycles. The van der Waals surface area contributed by atoms with Crippen LogP contribution in [-0.2, 0) is 6.18 Å². The third-order valence-electron chi connectivity index (χ3n) is 4.49. The summed E-state index contributed by atoms with van der Waals surface area (Å²) >= 11 is 0. The van der Waals surface area contributed by atoms with Gasteiger partial charge in [-0.05, 0) is 31.2 Å². The second-order valence-electron chi connectivity index (χ2n) is 6.11. The van der Waals surface area contributed by atoms with E-state index >= 15 is 0 Å². The van der Waals surface area contributed by atoms with Gasteiger partial charge in [-0.3, -0.25) is 9.69 Å². The molecule has 2 aliphatic rings. The SMILES string of the molecule is CCCN1C[C@@H]2Oc3ccc(C(F)(F)F)cc3C(=O)N(C)[C@@H]2C1. The summed E-state index contributed by atoms with van der Waals surface area (Å²) in [5.74, 6) is -0.183. The normalized spacial score (nSPS) is 24.9. The Hall–Kier alpha value is -1.76. The van der Waals surface area contributed by atoms with E-state index in [1.165, 1.54) is 11.0 Å². The van der Waals surface area contributed by atoms with Crippen molar-refractivity contribution >= 4 is 5.91 Å². The summed E-state index contributed by atoms with van der Waals surface area (Å²) in [6.07, 6.45) is -3.69. The second-order valence-corrected chi connectivity index (χ2v) is 6.11. The number of likely N-dealkylation sites (tertiary alicyclic amines) is 1. The minimum Gasteiger partial charge on any atom is -0.486 e. The van der Waals surface area contributed by atoms with Gasteiger partial charge in [0.05, 0.1) is 17.2 Å². The topological polar surface area (TPSA) is 32.8 Å². The van der Waals surface area contributed by atoms with E-state index in [1.54, 1.807) is 7.05 Å². The Balaban J connectivity index is 1.94. The van der Waals surface area contributed by atoms with E-state index in [9.17, 15) is 18.0 Å². The number of benzene rings is 1. The third-order valence-corrected chi connectivity index (χ3v) is 4.49. The molecular weight excluding hydrogens is 309 g/mol. The van der Waals surface area contributed by atoms with Crippen molar-refractivity contribution in [2.45, 2.75) is 31.7 Å². The lowest BCUT2D eigenvalue weighted by molar-refractivity contribution is -0.137. The van der Waals surface area contributed by atoms with Crippen molar-refractivity contribution in [3.8, 4) is 5.75 Å². The highest BCUT2D eigenvalue weighted by Gasteiger charge is 2.42. The maximum absolute atomic E-state index is 12.9. The van der Waals surface area contributed by atoms with Crippen LogP contribution < -0.4 is 4.74 Å². The molecule has 1 aromatic carbocycles. The van der Waals surface area contributed by atoms with Crippen LogP contribution in [0.3, 0.4) is 0 Å². The summed E-state index contributed by atoms with van der Waals surface area (Å²) in [4.78, 5) is 16.3. The maximum Gasteiger partial charge on any atom is 0.416 e. The number of likely N-dealkylation sites (N-methyl/N-ethyl adjacent to an activating group) is 1. The largest absolute Gasteiger partial charge is 0.486 e. The van der Waals surface area contributed by atoms with Crippen LogP contribution in [0.1, 0.15) is 29.3 Å². The average molecular weight is 328 g/mol. The highest BCUT2D eigenvalue weighted by Crippen LogP contribution is 2.36. The molecule has 0 spiro atoms. The van der Waals surface area contributed by atoms with Crippen LogP contribution in [0.15, 0.2) is 18.2 Å². The number of carbonyl (C=O) groups excluding carboxylic acids is 1. The Labute approximate surface area is 132 Å². The molecule has 3 rings (SSSR count). The third kappa shape index (κ3) is 2.89. The Kier molecular flexibility index (Phi) is 4.00. The molecule has 0 aliphatic carbocycles. The number of alkyl halides is 3. The van der Waals surface area contributed by atoms with Crippen molar-refractivity contribution in [2.75, 3.05) is 26.7 Å². The fourth-order valence-corrected chi connectivity index (χ4v) is 3.30. The summed E-state index contributed by atoms with van der Waals surface area (Å²) in [5, 5.41) is 0. The number of rotatable bonds is 2. The lowest BCUT2D eigenvalue weighted by Gasteiger charge is -2.25. The Morgan fingerprint density at radius 3 is 2.70 bits per heavy atom. The van der Waals surface area contributed by atoms with E-state index in [-0.39, 0.29) is 23.5 Å². The van der Waals surface area contributed by atoms with Gasteiger partial charge >= 0.3 is 6.18 Å². The van der Waals surface area contributed by atoms with E-state index < -0.39 is 17.6 Å². The van der Waals surface area contributed by atoms with Gasteiger partial charge < -0.3 is 9.64 Å². The molecule has 0 bridgehead atoms. The van der Waals surface area contributed by atoms with Crippen molar-refractivity contribution in [3.05, 3.63) is 29.3 Å². The van der Waals surface area contributed by atoms with Gasteiger partial charge in [0.2, 0.25) is 0 Å². The zero-order valence-electron chi connectivity index (χ0n) is 13.1. The quantitative estimate of drug-likeness (QED) is 0.837. The van der Waals surface area contributed by atoms with Gasteiger partial charge in [0.15, 0.2) is 0 Å². The van der Waals surface area contributed by atoms with E-state index in [2.05, 4.69) is 11.8 Å². The molecule has 0 radical (unpaired) electrons. The Morgan fingerprint density at radius 1 is 1.30 bits per heavy atom. The molecule has 2 heterocycles. The van der Waals surface area contributed by atoms with E-state index in [0.29, 0.717) is 13.1 Å².